The van der Waals surface area contributed by atoms with Crippen molar-refractivity contribution in [3.8, 4) is 0 Å². The van der Waals surface area contributed by atoms with Crippen LogP contribution in [-0.2, 0) is 9.84 Å². The maximum Gasteiger partial charge on any atom is 0.150 e. The molecule has 0 amide bonds. The third kappa shape index (κ3) is 3.93. The van der Waals surface area contributed by atoms with Crippen molar-refractivity contribution in [2.24, 2.45) is 0 Å². The number of nitrogens with zero attached hydrogens (tertiary/aromatic N) is 1. The van der Waals surface area contributed by atoms with Crippen molar-refractivity contribution in [3.05, 3.63) is 0 Å². The van der Waals surface area contributed by atoms with Gasteiger partial charge in [0.2, 0.25) is 0 Å². The third-order valence-corrected chi connectivity index (χ3v) is 6.07. The van der Waals surface area contributed by atoms with Crippen LogP contribution in [0.2, 0.25) is 0 Å². The second-order valence-electron chi connectivity index (χ2n) is 5.62. The normalized spacial score (nSPS) is 31.7. The molecule has 0 bridgehead atoms. The summed E-state index contributed by atoms with van der Waals surface area (Å²) >= 11 is 0. The summed E-state index contributed by atoms with van der Waals surface area (Å²) in [5, 5.41) is 3.59. The molecule has 1 unspecified atom stereocenters. The second kappa shape index (κ2) is 6.35. The number of nitrogens with one attached hydrogen (secondary N) is 1. The highest BCUT2D eigenvalue weighted by Gasteiger charge is 2.28. The molecule has 0 aromatic carbocycles. The number of hydrogen-bond acceptors (Lipinski definition) is 4. The molecule has 0 aliphatic carbocycles. The highest BCUT2D eigenvalue weighted by molar-refractivity contribution is 7.91. The second-order valence-corrected chi connectivity index (χ2v) is 7.92. The fourth-order valence-electron chi connectivity index (χ4n) is 3.08. The molecule has 0 aromatic heterocycles. The first-order valence-electron chi connectivity index (χ1n) is 7.28. The van der Waals surface area contributed by atoms with Gasteiger partial charge in [-0.25, -0.2) is 8.42 Å². The molecule has 106 valence electrons. The van der Waals surface area contributed by atoms with Gasteiger partial charge in [-0.2, -0.15) is 0 Å². The molecule has 2 heterocycles. The summed E-state index contributed by atoms with van der Waals surface area (Å²) in [5.74, 6) is 0.785. The Morgan fingerprint density at radius 2 is 1.89 bits per heavy atom. The van der Waals surface area contributed by atoms with Crippen LogP contribution < -0.4 is 5.32 Å². The molecule has 18 heavy (non-hydrogen) atoms. The highest BCUT2D eigenvalue weighted by atomic mass is 32.2. The minimum atomic E-state index is -2.73. The standard InChI is InChI=1S/C13H26N2O2S/c1-2-12-4-9-15(8-3-7-14-12)13-5-10-18(16,17)11-6-13/h12-14H,2-11H2,1H3. The molecule has 2 rings (SSSR count). The fourth-order valence-corrected chi connectivity index (χ4v) is 4.55. The van der Waals surface area contributed by atoms with Crippen LogP contribution in [0.1, 0.15) is 39.0 Å². The predicted molar refractivity (Wildman–Crippen MR) is 74.6 cm³/mol. The van der Waals surface area contributed by atoms with Crippen LogP contribution in [0.4, 0.5) is 0 Å². The Balaban J connectivity index is 1.87. The van der Waals surface area contributed by atoms with E-state index in [2.05, 4.69) is 17.1 Å². The van der Waals surface area contributed by atoms with Gasteiger partial charge in [0, 0.05) is 12.1 Å². The zero-order chi connectivity index (χ0) is 13.0. The summed E-state index contributed by atoms with van der Waals surface area (Å²) in [7, 11) is -2.73. The van der Waals surface area contributed by atoms with E-state index in [1.807, 2.05) is 0 Å². The van der Waals surface area contributed by atoms with Gasteiger partial charge in [-0.15, -0.1) is 0 Å². The quantitative estimate of drug-likeness (QED) is 0.817. The van der Waals surface area contributed by atoms with E-state index in [1.165, 1.54) is 19.3 Å². The van der Waals surface area contributed by atoms with Crippen molar-refractivity contribution in [1.82, 2.24) is 10.2 Å². The largest absolute Gasteiger partial charge is 0.314 e. The van der Waals surface area contributed by atoms with E-state index in [0.717, 1.165) is 32.5 Å². The van der Waals surface area contributed by atoms with E-state index in [-0.39, 0.29) is 0 Å². The molecule has 5 heteroatoms. The van der Waals surface area contributed by atoms with E-state index < -0.39 is 9.84 Å². The Hall–Kier alpha value is -0.130. The molecular weight excluding hydrogens is 248 g/mol. The van der Waals surface area contributed by atoms with E-state index in [1.54, 1.807) is 0 Å². The zero-order valence-corrected chi connectivity index (χ0v) is 12.2. The minimum Gasteiger partial charge on any atom is -0.314 e. The van der Waals surface area contributed by atoms with Crippen molar-refractivity contribution in [3.63, 3.8) is 0 Å². The first-order valence-corrected chi connectivity index (χ1v) is 9.11. The highest BCUT2D eigenvalue weighted by Crippen LogP contribution is 2.20. The van der Waals surface area contributed by atoms with Crippen LogP contribution in [-0.4, -0.2) is 56.5 Å². The molecule has 2 saturated heterocycles. The van der Waals surface area contributed by atoms with Gasteiger partial charge in [0.15, 0.2) is 0 Å². The average molecular weight is 274 g/mol. The number of rotatable bonds is 2. The molecule has 0 saturated carbocycles. The molecule has 4 nitrogen and oxygen atoms in total. The Morgan fingerprint density at radius 3 is 2.56 bits per heavy atom. The van der Waals surface area contributed by atoms with Crippen molar-refractivity contribution in [1.29, 1.82) is 0 Å². The van der Waals surface area contributed by atoms with Crippen molar-refractivity contribution in [2.45, 2.75) is 51.1 Å². The van der Waals surface area contributed by atoms with Gasteiger partial charge in [0.1, 0.15) is 9.84 Å². The van der Waals surface area contributed by atoms with E-state index >= 15 is 0 Å². The minimum absolute atomic E-state index is 0.392. The predicted octanol–water partition coefficient (Wildman–Crippen LogP) is 1.03. The zero-order valence-electron chi connectivity index (χ0n) is 11.4. The van der Waals surface area contributed by atoms with Gasteiger partial charge in [-0.1, -0.05) is 6.92 Å². The molecule has 0 spiro atoms. The lowest BCUT2D eigenvalue weighted by Crippen LogP contribution is -2.46. The Kier molecular flexibility index (Phi) is 5.04. The van der Waals surface area contributed by atoms with Crippen molar-refractivity contribution < 1.29 is 8.42 Å². The summed E-state index contributed by atoms with van der Waals surface area (Å²) in [6, 6.07) is 1.14. The molecular formula is C13H26N2O2S. The molecule has 1 atom stereocenters. The smallest absolute Gasteiger partial charge is 0.150 e. The third-order valence-electron chi connectivity index (χ3n) is 4.35. The molecule has 2 aliphatic rings. The van der Waals surface area contributed by atoms with E-state index in [9.17, 15) is 8.42 Å². The Bertz CT molecular complexity index is 342. The number of sulfone groups is 1. The maximum atomic E-state index is 11.5. The van der Waals surface area contributed by atoms with Gasteiger partial charge < -0.3 is 10.2 Å². The molecule has 0 radical (unpaired) electrons. The van der Waals surface area contributed by atoms with Gasteiger partial charge in [-0.3, -0.25) is 0 Å². The Morgan fingerprint density at radius 1 is 1.17 bits per heavy atom. The topological polar surface area (TPSA) is 49.4 Å². The van der Waals surface area contributed by atoms with Gasteiger partial charge >= 0.3 is 0 Å². The molecule has 0 aromatic rings. The summed E-state index contributed by atoms with van der Waals surface area (Å²) in [6.45, 7) is 5.57. The lowest BCUT2D eigenvalue weighted by atomic mass is 10.0. The van der Waals surface area contributed by atoms with Crippen molar-refractivity contribution in [2.75, 3.05) is 31.1 Å². The van der Waals surface area contributed by atoms with E-state index in [0.29, 0.717) is 23.6 Å². The Labute approximate surface area is 111 Å². The van der Waals surface area contributed by atoms with Crippen LogP contribution >= 0.6 is 0 Å². The van der Waals surface area contributed by atoms with Gasteiger partial charge in [0.05, 0.1) is 11.5 Å². The lowest BCUT2D eigenvalue weighted by Gasteiger charge is -2.36. The molecule has 2 fully saturated rings. The van der Waals surface area contributed by atoms with Crippen LogP contribution in [0.5, 0.6) is 0 Å². The van der Waals surface area contributed by atoms with E-state index in [4.69, 9.17) is 0 Å². The molecule has 1 N–H and O–H groups in total. The van der Waals surface area contributed by atoms with Crippen LogP contribution in [0, 0.1) is 0 Å². The average Bonchev–Trinajstić information content (AvgIpc) is 2.30. The summed E-state index contributed by atoms with van der Waals surface area (Å²) < 4.78 is 22.9. The summed E-state index contributed by atoms with van der Waals surface area (Å²) in [4.78, 5) is 2.54. The van der Waals surface area contributed by atoms with Crippen LogP contribution in [0.15, 0.2) is 0 Å². The molecule has 2 aliphatic heterocycles. The first-order chi connectivity index (χ1) is 8.61. The van der Waals surface area contributed by atoms with Gasteiger partial charge in [-0.05, 0) is 51.7 Å². The lowest BCUT2D eigenvalue weighted by molar-refractivity contribution is 0.160. The number of hydrogen-bond donors (Lipinski definition) is 1. The van der Waals surface area contributed by atoms with Gasteiger partial charge in [0.25, 0.3) is 0 Å². The summed E-state index contributed by atoms with van der Waals surface area (Å²) in [6.07, 6.45) is 5.24. The first kappa shape index (κ1) is 14.3. The SMILES string of the molecule is CCC1CCN(C2CCS(=O)(=O)CC2)CCCN1. The van der Waals surface area contributed by atoms with Crippen LogP contribution in [0.3, 0.4) is 0 Å². The maximum absolute atomic E-state index is 11.5. The van der Waals surface area contributed by atoms with Crippen LogP contribution in [0.25, 0.3) is 0 Å². The van der Waals surface area contributed by atoms with Crippen molar-refractivity contribution >= 4 is 9.84 Å². The fraction of sp³-hybridized carbons (Fsp3) is 1.00. The monoisotopic (exact) mass is 274 g/mol. The summed E-state index contributed by atoms with van der Waals surface area (Å²) in [5.41, 5.74) is 0.